The average molecular weight is 344 g/mol. The van der Waals surface area contributed by atoms with Crippen molar-refractivity contribution in [3.8, 4) is 0 Å². The second kappa shape index (κ2) is 6.02. The number of hydrogen-bond donors (Lipinski definition) is 0. The molecule has 0 saturated heterocycles. The van der Waals surface area contributed by atoms with Crippen molar-refractivity contribution in [2.45, 2.75) is 16.1 Å². The van der Waals surface area contributed by atoms with E-state index in [-0.39, 0.29) is 17.4 Å². The van der Waals surface area contributed by atoms with Crippen LogP contribution in [0, 0.1) is 5.82 Å². The van der Waals surface area contributed by atoms with E-state index in [2.05, 4.69) is 4.98 Å². The number of rotatable bonds is 3. The third-order valence-corrected chi connectivity index (χ3v) is 6.06. The Bertz CT molecular complexity index is 924. The Balaban J connectivity index is 1.63. The summed E-state index contributed by atoms with van der Waals surface area (Å²) in [4.78, 5) is 18.3. The van der Waals surface area contributed by atoms with E-state index in [4.69, 9.17) is 0 Å². The fraction of sp³-hybridized carbons (Fsp3) is 0.176. The maximum atomic E-state index is 13.0. The van der Waals surface area contributed by atoms with Gasteiger partial charge in [0, 0.05) is 16.4 Å². The number of fused-ring (bicyclic) bond motifs is 2. The third kappa shape index (κ3) is 2.77. The van der Waals surface area contributed by atoms with Crippen molar-refractivity contribution in [3.63, 3.8) is 0 Å². The van der Waals surface area contributed by atoms with Crippen LogP contribution in [0.25, 0.3) is 10.9 Å². The summed E-state index contributed by atoms with van der Waals surface area (Å²) in [5.74, 6) is 1.38. The summed E-state index contributed by atoms with van der Waals surface area (Å²) in [5, 5.41) is 1.45. The van der Waals surface area contributed by atoms with E-state index in [1.165, 1.54) is 12.1 Å². The minimum absolute atomic E-state index is 0.0281. The second-order valence-corrected chi connectivity index (χ2v) is 7.40. The van der Waals surface area contributed by atoms with Crippen molar-refractivity contribution >= 4 is 34.4 Å². The number of aromatic nitrogens is 2. The van der Waals surface area contributed by atoms with E-state index in [1.807, 2.05) is 28.8 Å². The zero-order valence-corrected chi connectivity index (χ0v) is 13.7. The molecular weight excluding hydrogens is 331 g/mol. The van der Waals surface area contributed by atoms with Crippen LogP contribution in [0.15, 0.2) is 63.4 Å². The molecule has 0 spiro atoms. The normalized spacial score (nSPS) is 16.7. The highest BCUT2D eigenvalue weighted by Crippen LogP contribution is 2.34. The molecule has 0 radical (unpaired) electrons. The first-order chi connectivity index (χ1) is 11.2. The quantitative estimate of drug-likeness (QED) is 0.532. The average Bonchev–Trinajstić information content (AvgIpc) is 2.98. The van der Waals surface area contributed by atoms with Gasteiger partial charge in [0.25, 0.3) is 5.56 Å². The molecule has 4 rings (SSSR count). The SMILES string of the molecule is O=c1c2ccccc2nc2n1[C@H](CSc1ccc(F)cc1)CS2. The lowest BCUT2D eigenvalue weighted by Crippen LogP contribution is -2.25. The first-order valence-corrected chi connectivity index (χ1v) is 9.22. The molecule has 23 heavy (non-hydrogen) atoms. The maximum absolute atomic E-state index is 13.0. The molecular formula is C17H13FN2OS2. The van der Waals surface area contributed by atoms with Crippen molar-refractivity contribution in [2.75, 3.05) is 11.5 Å². The summed E-state index contributed by atoms with van der Waals surface area (Å²) in [7, 11) is 0. The number of benzene rings is 2. The van der Waals surface area contributed by atoms with Crippen molar-refractivity contribution in [1.29, 1.82) is 0 Å². The summed E-state index contributed by atoms with van der Waals surface area (Å²) in [5.41, 5.74) is 0.781. The Hall–Kier alpha value is -1.79. The van der Waals surface area contributed by atoms with Gasteiger partial charge in [-0.3, -0.25) is 9.36 Å². The van der Waals surface area contributed by atoms with E-state index in [1.54, 1.807) is 35.7 Å². The van der Waals surface area contributed by atoms with Crippen molar-refractivity contribution in [3.05, 3.63) is 64.7 Å². The Kier molecular flexibility index (Phi) is 3.87. The van der Waals surface area contributed by atoms with Crippen LogP contribution in [-0.2, 0) is 0 Å². The molecule has 0 saturated carbocycles. The largest absolute Gasteiger partial charge is 0.282 e. The zero-order valence-electron chi connectivity index (χ0n) is 12.1. The van der Waals surface area contributed by atoms with E-state index in [9.17, 15) is 9.18 Å². The lowest BCUT2D eigenvalue weighted by atomic mass is 10.2. The van der Waals surface area contributed by atoms with Gasteiger partial charge < -0.3 is 0 Å². The number of para-hydroxylation sites is 1. The van der Waals surface area contributed by atoms with Gasteiger partial charge in [0.05, 0.1) is 16.9 Å². The first kappa shape index (κ1) is 14.8. The topological polar surface area (TPSA) is 34.9 Å². The van der Waals surface area contributed by atoms with Crippen LogP contribution < -0.4 is 5.56 Å². The van der Waals surface area contributed by atoms with Crippen molar-refractivity contribution in [2.24, 2.45) is 0 Å². The molecule has 3 aromatic rings. The molecule has 1 aromatic heterocycles. The van der Waals surface area contributed by atoms with E-state index in [0.717, 1.165) is 27.1 Å². The van der Waals surface area contributed by atoms with Gasteiger partial charge in [0.1, 0.15) is 5.82 Å². The summed E-state index contributed by atoms with van der Waals surface area (Å²) in [6.45, 7) is 0. The highest BCUT2D eigenvalue weighted by Gasteiger charge is 2.26. The van der Waals surface area contributed by atoms with Gasteiger partial charge in [-0.25, -0.2) is 9.37 Å². The molecule has 0 aliphatic carbocycles. The molecule has 0 N–H and O–H groups in total. The van der Waals surface area contributed by atoms with Crippen LogP contribution in [0.1, 0.15) is 6.04 Å². The number of halogens is 1. The van der Waals surface area contributed by atoms with Crippen molar-refractivity contribution in [1.82, 2.24) is 9.55 Å². The van der Waals surface area contributed by atoms with Gasteiger partial charge in [-0.2, -0.15) is 0 Å². The van der Waals surface area contributed by atoms with Crippen LogP contribution in [-0.4, -0.2) is 21.1 Å². The van der Waals surface area contributed by atoms with Gasteiger partial charge in [-0.1, -0.05) is 23.9 Å². The highest BCUT2D eigenvalue weighted by atomic mass is 32.2. The standard InChI is InChI=1S/C17H13FN2OS2/c18-11-5-7-13(8-6-11)22-9-12-10-23-17-19-15-4-2-1-3-14(15)16(21)20(12)17/h1-8,12H,9-10H2/t12-/m1/s1. The molecule has 2 aromatic carbocycles. The minimum atomic E-state index is -0.233. The van der Waals surface area contributed by atoms with Crippen LogP contribution in [0.5, 0.6) is 0 Å². The minimum Gasteiger partial charge on any atom is -0.282 e. The molecule has 3 nitrogen and oxygen atoms in total. The molecule has 6 heteroatoms. The van der Waals surface area contributed by atoms with Gasteiger partial charge in [-0.15, -0.1) is 11.8 Å². The fourth-order valence-electron chi connectivity index (χ4n) is 2.64. The maximum Gasteiger partial charge on any atom is 0.262 e. The van der Waals surface area contributed by atoms with Gasteiger partial charge in [0.15, 0.2) is 5.16 Å². The zero-order chi connectivity index (χ0) is 15.8. The summed E-state index contributed by atoms with van der Waals surface area (Å²) in [6.07, 6.45) is 0. The summed E-state index contributed by atoms with van der Waals surface area (Å²) in [6, 6.07) is 14.0. The molecule has 1 aliphatic rings. The molecule has 0 fully saturated rings. The second-order valence-electron chi connectivity index (χ2n) is 5.32. The first-order valence-electron chi connectivity index (χ1n) is 7.25. The third-order valence-electron chi connectivity index (χ3n) is 3.80. The monoisotopic (exact) mass is 344 g/mol. The number of thioether (sulfide) groups is 2. The Morgan fingerprint density at radius 2 is 2.00 bits per heavy atom. The fourth-order valence-corrected chi connectivity index (χ4v) is 4.91. The Morgan fingerprint density at radius 1 is 1.22 bits per heavy atom. The van der Waals surface area contributed by atoms with Gasteiger partial charge in [0.2, 0.25) is 0 Å². The van der Waals surface area contributed by atoms with E-state index >= 15 is 0 Å². The van der Waals surface area contributed by atoms with E-state index < -0.39 is 0 Å². The lowest BCUT2D eigenvalue weighted by molar-refractivity contribution is 0.558. The highest BCUT2D eigenvalue weighted by molar-refractivity contribution is 8.00. The van der Waals surface area contributed by atoms with Crippen LogP contribution >= 0.6 is 23.5 Å². The Labute approximate surface area is 140 Å². The van der Waals surface area contributed by atoms with Crippen LogP contribution in [0.3, 0.4) is 0 Å². The van der Waals surface area contributed by atoms with Gasteiger partial charge >= 0.3 is 0 Å². The van der Waals surface area contributed by atoms with Crippen LogP contribution in [0.2, 0.25) is 0 Å². The number of nitrogens with zero attached hydrogens (tertiary/aromatic N) is 2. The van der Waals surface area contributed by atoms with Gasteiger partial charge in [-0.05, 0) is 36.4 Å². The summed E-state index contributed by atoms with van der Waals surface area (Å²) < 4.78 is 14.8. The summed E-state index contributed by atoms with van der Waals surface area (Å²) >= 11 is 3.26. The molecule has 2 heterocycles. The Morgan fingerprint density at radius 3 is 2.83 bits per heavy atom. The smallest absolute Gasteiger partial charge is 0.262 e. The molecule has 0 unspecified atom stereocenters. The van der Waals surface area contributed by atoms with Crippen molar-refractivity contribution < 1.29 is 4.39 Å². The predicted octanol–water partition coefficient (Wildman–Crippen LogP) is 3.97. The molecule has 0 bridgehead atoms. The lowest BCUT2D eigenvalue weighted by Gasteiger charge is -2.13. The van der Waals surface area contributed by atoms with E-state index in [0.29, 0.717) is 5.39 Å². The van der Waals surface area contributed by atoms with Crippen LogP contribution in [0.4, 0.5) is 4.39 Å². The number of hydrogen-bond acceptors (Lipinski definition) is 4. The molecule has 0 amide bonds. The molecule has 116 valence electrons. The molecule has 1 atom stereocenters. The molecule has 1 aliphatic heterocycles. The predicted molar refractivity (Wildman–Crippen MR) is 92.9 cm³/mol.